The molecule has 14 heteroatoms. The summed E-state index contributed by atoms with van der Waals surface area (Å²) in [6.45, 7) is 8.03. The molecule has 2 fully saturated rings. The van der Waals surface area contributed by atoms with Crippen LogP contribution in [0.1, 0.15) is 74.8 Å². The number of piperazine rings is 1. The van der Waals surface area contributed by atoms with Gasteiger partial charge >= 0.3 is 0 Å². The van der Waals surface area contributed by atoms with Gasteiger partial charge in [-0.3, -0.25) is 23.9 Å². The summed E-state index contributed by atoms with van der Waals surface area (Å²) in [6.07, 6.45) is 0.785. The molecule has 0 radical (unpaired) electrons. The summed E-state index contributed by atoms with van der Waals surface area (Å²) in [5, 5.41) is 12.1. The van der Waals surface area contributed by atoms with E-state index in [1.165, 1.54) is 29.1 Å². The Morgan fingerprint density at radius 3 is 2.30 bits per heavy atom. The van der Waals surface area contributed by atoms with Gasteiger partial charge in [-0.05, 0) is 56.5 Å². The highest BCUT2D eigenvalue weighted by molar-refractivity contribution is 6.00. The van der Waals surface area contributed by atoms with Gasteiger partial charge in [0.25, 0.3) is 5.91 Å². The van der Waals surface area contributed by atoms with Crippen molar-refractivity contribution >= 4 is 29.3 Å². The highest BCUT2D eigenvalue weighted by Gasteiger charge is 2.41. The van der Waals surface area contributed by atoms with Crippen LogP contribution in [0.15, 0.2) is 30.5 Å². The van der Waals surface area contributed by atoms with E-state index in [9.17, 15) is 28.0 Å². The molecule has 46 heavy (non-hydrogen) atoms. The van der Waals surface area contributed by atoms with Crippen LogP contribution in [0.5, 0.6) is 0 Å². The third-order valence-corrected chi connectivity index (χ3v) is 9.05. The first kappa shape index (κ1) is 34.9. The van der Waals surface area contributed by atoms with Crippen molar-refractivity contribution in [3.8, 4) is 0 Å². The SMILES string of the molecule is CCC(=O)NC(C(=O)N1CCN(C)CC1)C(C)c1ccc(NC(=O)C(NC(=O)c2ccnn2CC)C2CCC(F)(F)CC2)c(F)c1. The van der Waals surface area contributed by atoms with Gasteiger partial charge in [-0.1, -0.05) is 19.9 Å². The Morgan fingerprint density at radius 2 is 1.70 bits per heavy atom. The molecule has 252 valence electrons. The first-order chi connectivity index (χ1) is 21.8. The van der Waals surface area contributed by atoms with E-state index < -0.39 is 60.3 Å². The molecule has 2 aromatic rings. The molecule has 1 aromatic carbocycles. The minimum Gasteiger partial charge on any atom is -0.344 e. The van der Waals surface area contributed by atoms with Crippen LogP contribution in [-0.2, 0) is 20.9 Å². The minimum absolute atomic E-state index is 0.00352. The minimum atomic E-state index is -2.85. The van der Waals surface area contributed by atoms with Gasteiger partial charge in [0.15, 0.2) is 0 Å². The lowest BCUT2D eigenvalue weighted by atomic mass is 9.81. The summed E-state index contributed by atoms with van der Waals surface area (Å²) in [6, 6.07) is 3.51. The molecule has 3 N–H and O–H groups in total. The molecule has 2 heterocycles. The van der Waals surface area contributed by atoms with Crippen LogP contribution in [0, 0.1) is 11.7 Å². The Bertz CT molecular complexity index is 1400. The lowest BCUT2D eigenvalue weighted by molar-refractivity contribution is -0.138. The number of carbonyl (C=O) groups is 4. The van der Waals surface area contributed by atoms with Crippen LogP contribution in [0.2, 0.25) is 0 Å². The predicted molar refractivity (Wildman–Crippen MR) is 166 cm³/mol. The lowest BCUT2D eigenvalue weighted by Gasteiger charge is -2.36. The summed E-state index contributed by atoms with van der Waals surface area (Å²) < 4.78 is 44.9. The molecule has 2 aliphatic rings. The number of nitrogens with zero attached hydrogens (tertiary/aromatic N) is 4. The van der Waals surface area contributed by atoms with Crippen LogP contribution in [-0.4, -0.2) is 94.4 Å². The molecule has 0 spiro atoms. The summed E-state index contributed by atoms with van der Waals surface area (Å²) in [7, 11) is 1.97. The molecule has 1 aliphatic carbocycles. The summed E-state index contributed by atoms with van der Waals surface area (Å²) >= 11 is 0. The maximum absolute atomic E-state index is 15.6. The maximum atomic E-state index is 15.6. The van der Waals surface area contributed by atoms with Gasteiger partial charge in [-0.15, -0.1) is 0 Å². The van der Waals surface area contributed by atoms with E-state index in [4.69, 9.17) is 0 Å². The maximum Gasteiger partial charge on any atom is 0.270 e. The van der Waals surface area contributed by atoms with Gasteiger partial charge in [-0.25, -0.2) is 13.2 Å². The number of amides is 4. The van der Waals surface area contributed by atoms with Crippen molar-refractivity contribution in [3.63, 3.8) is 0 Å². The topological polar surface area (TPSA) is 129 Å². The van der Waals surface area contributed by atoms with Crippen molar-refractivity contribution in [2.24, 2.45) is 5.92 Å². The number of halogens is 3. The second-order valence-electron chi connectivity index (χ2n) is 12.2. The molecule has 3 unspecified atom stereocenters. The number of nitrogens with one attached hydrogen (secondary N) is 3. The van der Waals surface area contributed by atoms with Gasteiger partial charge in [0.1, 0.15) is 23.6 Å². The molecule has 4 amide bonds. The van der Waals surface area contributed by atoms with Crippen LogP contribution >= 0.6 is 0 Å². The number of rotatable bonds is 11. The molecule has 1 saturated heterocycles. The van der Waals surface area contributed by atoms with Crippen LogP contribution in [0.3, 0.4) is 0 Å². The molecular formula is C32H44F3N7O4. The molecular weight excluding hydrogens is 603 g/mol. The fraction of sp³-hybridized carbons (Fsp3) is 0.594. The number of benzene rings is 1. The number of aromatic nitrogens is 2. The number of anilines is 1. The number of aryl methyl sites for hydroxylation is 1. The van der Waals surface area contributed by atoms with Crippen LogP contribution in [0.25, 0.3) is 0 Å². The average molecular weight is 648 g/mol. The van der Waals surface area contributed by atoms with Gasteiger partial charge < -0.3 is 25.8 Å². The van der Waals surface area contributed by atoms with Crippen molar-refractivity contribution in [1.82, 2.24) is 30.2 Å². The van der Waals surface area contributed by atoms with E-state index in [1.54, 1.807) is 31.7 Å². The Morgan fingerprint density at radius 1 is 1.02 bits per heavy atom. The number of likely N-dealkylation sites (N-methyl/N-ethyl adjacent to an activating group) is 1. The molecule has 11 nitrogen and oxygen atoms in total. The Kier molecular flexibility index (Phi) is 11.5. The van der Waals surface area contributed by atoms with E-state index in [0.29, 0.717) is 38.3 Å². The lowest BCUT2D eigenvalue weighted by Crippen LogP contribution is -2.55. The zero-order valence-electron chi connectivity index (χ0n) is 26.8. The van der Waals surface area contributed by atoms with Gasteiger partial charge in [0, 0.05) is 64.1 Å². The fourth-order valence-electron chi connectivity index (χ4n) is 6.00. The number of hydrogen-bond acceptors (Lipinski definition) is 6. The number of alkyl halides is 2. The highest BCUT2D eigenvalue weighted by atomic mass is 19.3. The number of hydrogen-bond donors (Lipinski definition) is 3. The third-order valence-electron chi connectivity index (χ3n) is 9.05. The second kappa shape index (κ2) is 15.1. The smallest absolute Gasteiger partial charge is 0.270 e. The van der Waals surface area contributed by atoms with Crippen molar-refractivity contribution in [2.45, 2.75) is 83.3 Å². The van der Waals surface area contributed by atoms with Crippen molar-refractivity contribution < 1.29 is 32.3 Å². The monoisotopic (exact) mass is 647 g/mol. The summed E-state index contributed by atoms with van der Waals surface area (Å²) in [4.78, 5) is 56.3. The molecule has 1 aliphatic heterocycles. The average Bonchev–Trinajstić information content (AvgIpc) is 3.52. The zero-order valence-corrected chi connectivity index (χ0v) is 26.8. The normalized spacial score (nSPS) is 19.2. The quantitative estimate of drug-likeness (QED) is 0.343. The van der Waals surface area contributed by atoms with E-state index >= 15 is 4.39 Å². The summed E-state index contributed by atoms with van der Waals surface area (Å²) in [5.41, 5.74) is 0.479. The first-order valence-electron chi connectivity index (χ1n) is 15.9. The van der Waals surface area contributed by atoms with Crippen LogP contribution < -0.4 is 16.0 Å². The van der Waals surface area contributed by atoms with E-state index in [0.717, 1.165) is 0 Å². The van der Waals surface area contributed by atoms with Crippen molar-refractivity contribution in [1.29, 1.82) is 0 Å². The Balaban J connectivity index is 1.52. The fourth-order valence-corrected chi connectivity index (χ4v) is 6.00. The second-order valence-corrected chi connectivity index (χ2v) is 12.2. The molecule has 4 rings (SSSR count). The molecule has 1 saturated carbocycles. The Hall–Kier alpha value is -3.94. The van der Waals surface area contributed by atoms with E-state index in [2.05, 4.69) is 25.9 Å². The standard InChI is InChI=1S/C32H44F3N7O4/c1-5-26(43)38-27(31(46)41-17-15-40(4)16-18-41)20(3)22-7-8-24(23(33)19-22)37-30(45)28(21-9-12-32(34,35)13-10-21)39-29(44)25-11-14-36-42(25)6-2/h7-8,11,14,19-21,27-28H,5-6,9-10,12-13,15-18H2,1-4H3,(H,37,45)(H,38,43)(H,39,44). The van der Waals surface area contributed by atoms with Gasteiger partial charge in [0.05, 0.1) is 5.69 Å². The Labute approximate surface area is 267 Å². The van der Waals surface area contributed by atoms with Gasteiger partial charge in [-0.2, -0.15) is 5.10 Å². The van der Waals surface area contributed by atoms with E-state index in [-0.39, 0.29) is 42.5 Å². The van der Waals surface area contributed by atoms with Crippen molar-refractivity contribution in [2.75, 3.05) is 38.5 Å². The number of carbonyl (C=O) groups excluding carboxylic acids is 4. The first-order valence-corrected chi connectivity index (χ1v) is 15.9. The summed E-state index contributed by atoms with van der Waals surface area (Å²) in [5.74, 6) is -6.69. The van der Waals surface area contributed by atoms with Crippen molar-refractivity contribution in [3.05, 3.63) is 47.5 Å². The van der Waals surface area contributed by atoms with E-state index in [1.807, 2.05) is 7.05 Å². The predicted octanol–water partition coefficient (Wildman–Crippen LogP) is 3.38. The molecule has 0 bridgehead atoms. The molecule has 1 aromatic heterocycles. The zero-order chi connectivity index (χ0) is 33.6. The van der Waals surface area contributed by atoms with Gasteiger partial charge in [0.2, 0.25) is 23.6 Å². The largest absolute Gasteiger partial charge is 0.344 e. The molecule has 3 atom stereocenters. The van der Waals surface area contributed by atoms with Crippen LogP contribution in [0.4, 0.5) is 18.9 Å². The third kappa shape index (κ3) is 8.45. The highest BCUT2D eigenvalue weighted by Crippen LogP contribution is 2.38.